The molecule has 48 valence electrons. The summed E-state index contributed by atoms with van der Waals surface area (Å²) in [5, 5.41) is 12.5. The largest absolute Gasteiger partial charge is 0.311 e. The molecule has 4 heteroatoms. The van der Waals surface area contributed by atoms with Crippen LogP contribution in [-0.4, -0.2) is 24.6 Å². The van der Waals surface area contributed by atoms with E-state index in [1.807, 2.05) is 6.92 Å². The highest BCUT2D eigenvalue weighted by molar-refractivity contribution is 4.37. The molecule has 0 saturated carbocycles. The fourth-order valence-electron chi connectivity index (χ4n) is 0.347. The normalized spacial score (nSPS) is 9.12. The van der Waals surface area contributed by atoms with Gasteiger partial charge in [-0.1, -0.05) is 6.92 Å². The van der Waals surface area contributed by atoms with Crippen LogP contribution in [-0.2, 0) is 0 Å². The van der Waals surface area contributed by atoms with Crippen molar-refractivity contribution in [3.05, 3.63) is 10.1 Å². The number of nitrogens with one attached hydrogen (secondary N) is 1. The lowest BCUT2D eigenvalue weighted by Gasteiger charge is -1.92. The van der Waals surface area contributed by atoms with E-state index in [1.165, 1.54) is 0 Å². The molecule has 0 heterocycles. The van der Waals surface area contributed by atoms with Gasteiger partial charge in [-0.25, -0.2) is 0 Å². The van der Waals surface area contributed by atoms with Crippen molar-refractivity contribution in [2.75, 3.05) is 19.6 Å². The molecule has 0 saturated heterocycles. The Bertz CT molecular complexity index is 74.4. The maximum atomic E-state index is 9.64. The third kappa shape index (κ3) is 5.36. The Kier molecular flexibility index (Phi) is 4.16. The van der Waals surface area contributed by atoms with Crippen LogP contribution in [0.4, 0.5) is 0 Å². The van der Waals surface area contributed by atoms with Gasteiger partial charge >= 0.3 is 0 Å². The zero-order valence-corrected chi connectivity index (χ0v) is 4.89. The second-order valence-electron chi connectivity index (χ2n) is 1.41. The van der Waals surface area contributed by atoms with E-state index in [1.54, 1.807) is 0 Å². The van der Waals surface area contributed by atoms with Crippen LogP contribution in [0, 0.1) is 10.1 Å². The number of nitro groups is 1. The Morgan fingerprint density at radius 3 is 2.75 bits per heavy atom. The van der Waals surface area contributed by atoms with Gasteiger partial charge in [0.25, 0.3) is 0 Å². The van der Waals surface area contributed by atoms with E-state index in [9.17, 15) is 10.1 Å². The average Bonchev–Trinajstić information content (AvgIpc) is 1.66. The predicted molar refractivity (Wildman–Crippen MR) is 30.4 cm³/mol. The van der Waals surface area contributed by atoms with E-state index < -0.39 is 0 Å². The van der Waals surface area contributed by atoms with Gasteiger partial charge in [-0.2, -0.15) is 0 Å². The second kappa shape index (κ2) is 4.52. The van der Waals surface area contributed by atoms with Gasteiger partial charge in [-0.15, -0.1) is 0 Å². The second-order valence-corrected chi connectivity index (χ2v) is 1.41. The van der Waals surface area contributed by atoms with Crippen molar-refractivity contribution in [2.45, 2.75) is 6.92 Å². The molecule has 0 unspecified atom stereocenters. The van der Waals surface area contributed by atoms with E-state index in [2.05, 4.69) is 5.32 Å². The molecule has 0 aliphatic carbocycles. The molecule has 0 aromatic rings. The molecule has 0 aliphatic heterocycles. The van der Waals surface area contributed by atoms with E-state index >= 15 is 0 Å². The molecule has 0 fully saturated rings. The Morgan fingerprint density at radius 1 is 1.75 bits per heavy atom. The molecule has 0 bridgehead atoms. The summed E-state index contributed by atoms with van der Waals surface area (Å²) in [4.78, 5) is 9.31. The van der Waals surface area contributed by atoms with Gasteiger partial charge in [0.1, 0.15) is 0 Å². The molecule has 4 nitrogen and oxygen atoms in total. The van der Waals surface area contributed by atoms with Crippen molar-refractivity contribution < 1.29 is 4.92 Å². The standard InChI is InChI=1S/C4H10N2O2/c1-2-5-3-4-6(7)8/h5H,2-4H2,1H3. The molecule has 0 aromatic heterocycles. The lowest BCUT2D eigenvalue weighted by Crippen LogP contribution is -2.21. The highest BCUT2D eigenvalue weighted by Gasteiger charge is 1.91. The van der Waals surface area contributed by atoms with Crippen molar-refractivity contribution >= 4 is 0 Å². The Morgan fingerprint density at radius 2 is 2.38 bits per heavy atom. The molecule has 8 heavy (non-hydrogen) atoms. The lowest BCUT2D eigenvalue weighted by molar-refractivity contribution is -0.477. The first-order chi connectivity index (χ1) is 3.77. The van der Waals surface area contributed by atoms with Gasteiger partial charge in [0.2, 0.25) is 6.54 Å². The number of nitrogens with zero attached hydrogens (tertiary/aromatic N) is 1. The van der Waals surface area contributed by atoms with Crippen LogP contribution in [0.3, 0.4) is 0 Å². The van der Waals surface area contributed by atoms with Crippen LogP contribution in [0.5, 0.6) is 0 Å². The van der Waals surface area contributed by atoms with E-state index in [0.29, 0.717) is 6.54 Å². The summed E-state index contributed by atoms with van der Waals surface area (Å²) >= 11 is 0. The Balaban J connectivity index is 2.82. The monoisotopic (exact) mass is 118 g/mol. The zero-order chi connectivity index (χ0) is 6.41. The van der Waals surface area contributed by atoms with Gasteiger partial charge < -0.3 is 5.32 Å². The van der Waals surface area contributed by atoms with Crippen LogP contribution in [0.1, 0.15) is 6.92 Å². The third-order valence-electron chi connectivity index (χ3n) is 0.721. The number of likely N-dealkylation sites (N-methyl/N-ethyl adjacent to an activating group) is 1. The molecule has 0 rings (SSSR count). The molecule has 0 aliphatic rings. The van der Waals surface area contributed by atoms with Crippen LogP contribution < -0.4 is 5.32 Å². The molecule has 0 atom stereocenters. The van der Waals surface area contributed by atoms with Crippen molar-refractivity contribution in [2.24, 2.45) is 0 Å². The van der Waals surface area contributed by atoms with Crippen LogP contribution >= 0.6 is 0 Å². The number of hydrogen-bond acceptors (Lipinski definition) is 3. The minimum absolute atomic E-state index is 0.0217. The van der Waals surface area contributed by atoms with E-state index in [4.69, 9.17) is 0 Å². The molecule has 1 N–H and O–H groups in total. The molecule has 0 spiro atoms. The topological polar surface area (TPSA) is 55.2 Å². The Labute approximate surface area is 48.0 Å². The highest BCUT2D eigenvalue weighted by Crippen LogP contribution is 1.63. The van der Waals surface area contributed by atoms with Crippen molar-refractivity contribution in [1.29, 1.82) is 0 Å². The first-order valence-electron chi connectivity index (χ1n) is 2.60. The van der Waals surface area contributed by atoms with Crippen molar-refractivity contribution in [3.8, 4) is 0 Å². The molecular formula is C4H10N2O2. The minimum atomic E-state index is -0.331. The molecule has 0 aromatic carbocycles. The summed E-state index contributed by atoms with van der Waals surface area (Å²) in [7, 11) is 0. The summed E-state index contributed by atoms with van der Waals surface area (Å²) in [5.74, 6) is 0. The van der Waals surface area contributed by atoms with Crippen molar-refractivity contribution in [3.63, 3.8) is 0 Å². The number of rotatable bonds is 4. The van der Waals surface area contributed by atoms with Crippen LogP contribution in [0.25, 0.3) is 0 Å². The average molecular weight is 118 g/mol. The lowest BCUT2D eigenvalue weighted by atomic mass is 10.6. The molecular weight excluding hydrogens is 108 g/mol. The maximum absolute atomic E-state index is 9.64. The predicted octanol–water partition coefficient (Wildman–Crippen LogP) is -0.127. The first kappa shape index (κ1) is 7.36. The fourth-order valence-corrected chi connectivity index (χ4v) is 0.347. The van der Waals surface area contributed by atoms with E-state index in [-0.39, 0.29) is 11.5 Å². The van der Waals surface area contributed by atoms with Gasteiger partial charge in [-0.3, -0.25) is 10.1 Å². The van der Waals surface area contributed by atoms with E-state index in [0.717, 1.165) is 6.54 Å². The molecule has 0 amide bonds. The van der Waals surface area contributed by atoms with Gasteiger partial charge in [0, 0.05) is 4.92 Å². The van der Waals surface area contributed by atoms with Crippen LogP contribution in [0.2, 0.25) is 0 Å². The quantitative estimate of drug-likeness (QED) is 0.318. The smallest absolute Gasteiger partial charge is 0.216 e. The van der Waals surface area contributed by atoms with Gasteiger partial charge in [-0.05, 0) is 6.54 Å². The fraction of sp³-hybridized carbons (Fsp3) is 1.00. The van der Waals surface area contributed by atoms with Gasteiger partial charge in [0.15, 0.2) is 0 Å². The zero-order valence-electron chi connectivity index (χ0n) is 4.89. The summed E-state index contributed by atoms with van der Waals surface area (Å²) in [6, 6.07) is 0. The van der Waals surface area contributed by atoms with Gasteiger partial charge in [0.05, 0.1) is 6.54 Å². The SMILES string of the molecule is CCNCC[N+](=O)[O-]. The maximum Gasteiger partial charge on any atom is 0.216 e. The summed E-state index contributed by atoms with van der Waals surface area (Å²) in [6.45, 7) is 3.21. The minimum Gasteiger partial charge on any atom is -0.311 e. The first-order valence-corrected chi connectivity index (χ1v) is 2.60. The number of hydrogen-bond donors (Lipinski definition) is 1. The summed E-state index contributed by atoms with van der Waals surface area (Å²) in [5.41, 5.74) is 0. The summed E-state index contributed by atoms with van der Waals surface area (Å²) < 4.78 is 0. The highest BCUT2D eigenvalue weighted by atomic mass is 16.6. The van der Waals surface area contributed by atoms with Crippen LogP contribution in [0.15, 0.2) is 0 Å². The molecule has 0 radical (unpaired) electrons. The third-order valence-corrected chi connectivity index (χ3v) is 0.721. The Hall–Kier alpha value is -0.640. The summed E-state index contributed by atoms with van der Waals surface area (Å²) in [6.07, 6.45) is 0. The van der Waals surface area contributed by atoms with Crippen molar-refractivity contribution in [1.82, 2.24) is 5.32 Å².